The molecule has 0 aliphatic carbocycles. The summed E-state index contributed by atoms with van der Waals surface area (Å²) in [6.07, 6.45) is 0.986. The minimum Gasteiger partial charge on any atom is -0.328 e. The molecule has 0 spiro atoms. The molecule has 1 aliphatic heterocycles. The standard InChI is InChI=1S/C23H24FN5OS/c1-4-13-31-23-27-22-25-15(3)19(21(30)26-16-11-9-14(2)10-12-16)20(29(22)28-23)17-7-5-6-8-18(17)24/h5-12,20H,4,13H2,1-3H3,(H,26,30)(H,25,27,28). The quantitative estimate of drug-likeness (QED) is 0.522. The molecule has 0 bridgehead atoms. The van der Waals surface area contributed by atoms with E-state index >= 15 is 0 Å². The van der Waals surface area contributed by atoms with Crippen LogP contribution in [0.5, 0.6) is 0 Å². The number of aromatic nitrogens is 3. The third-order valence-electron chi connectivity index (χ3n) is 5.02. The van der Waals surface area contributed by atoms with Gasteiger partial charge >= 0.3 is 0 Å². The van der Waals surface area contributed by atoms with E-state index in [1.807, 2.05) is 31.2 Å². The molecule has 1 aliphatic rings. The van der Waals surface area contributed by atoms with E-state index in [-0.39, 0.29) is 5.91 Å². The first-order chi connectivity index (χ1) is 15.0. The zero-order valence-corrected chi connectivity index (χ0v) is 18.5. The number of allylic oxidation sites excluding steroid dienone is 1. The summed E-state index contributed by atoms with van der Waals surface area (Å²) in [5, 5.41) is 11.3. The van der Waals surface area contributed by atoms with Crippen molar-refractivity contribution in [1.29, 1.82) is 0 Å². The summed E-state index contributed by atoms with van der Waals surface area (Å²) in [7, 11) is 0. The Morgan fingerprint density at radius 2 is 1.94 bits per heavy atom. The fourth-order valence-corrected chi connectivity index (χ4v) is 4.18. The highest BCUT2D eigenvalue weighted by atomic mass is 32.2. The summed E-state index contributed by atoms with van der Waals surface area (Å²) in [4.78, 5) is 17.9. The van der Waals surface area contributed by atoms with Crippen LogP contribution in [0.4, 0.5) is 16.0 Å². The van der Waals surface area contributed by atoms with Gasteiger partial charge in [0, 0.05) is 22.7 Å². The van der Waals surface area contributed by atoms with Crippen LogP contribution in [0.25, 0.3) is 0 Å². The van der Waals surface area contributed by atoms with Crippen LogP contribution in [0.3, 0.4) is 0 Å². The van der Waals surface area contributed by atoms with Gasteiger partial charge in [-0.15, -0.1) is 5.10 Å². The largest absolute Gasteiger partial charge is 0.328 e. The second-order valence-electron chi connectivity index (χ2n) is 7.42. The van der Waals surface area contributed by atoms with Gasteiger partial charge in [-0.05, 0) is 38.5 Å². The van der Waals surface area contributed by atoms with Gasteiger partial charge in [0.2, 0.25) is 11.1 Å². The van der Waals surface area contributed by atoms with Crippen molar-refractivity contribution >= 4 is 29.3 Å². The molecule has 2 heterocycles. The summed E-state index contributed by atoms with van der Waals surface area (Å²) in [5.41, 5.74) is 3.16. The van der Waals surface area contributed by atoms with Crippen molar-refractivity contribution in [1.82, 2.24) is 14.8 Å². The maximum atomic E-state index is 14.9. The zero-order chi connectivity index (χ0) is 22.0. The molecule has 0 fully saturated rings. The Morgan fingerprint density at radius 1 is 1.19 bits per heavy atom. The number of rotatable bonds is 6. The molecule has 0 radical (unpaired) electrons. The lowest BCUT2D eigenvalue weighted by atomic mass is 9.94. The summed E-state index contributed by atoms with van der Waals surface area (Å²) in [5.74, 6) is 0.662. The first-order valence-corrected chi connectivity index (χ1v) is 11.2. The molecule has 6 nitrogen and oxygen atoms in total. The SMILES string of the molecule is CCCSc1nc2n(n1)C(c1ccccc1F)C(C(=O)Nc1ccc(C)cc1)=C(C)N2. The second-order valence-corrected chi connectivity index (χ2v) is 8.48. The lowest BCUT2D eigenvalue weighted by molar-refractivity contribution is -0.113. The Hall–Kier alpha value is -3.13. The lowest BCUT2D eigenvalue weighted by Crippen LogP contribution is -2.32. The first-order valence-electron chi connectivity index (χ1n) is 10.2. The number of nitrogens with one attached hydrogen (secondary N) is 2. The molecule has 8 heteroatoms. The van der Waals surface area contributed by atoms with E-state index in [9.17, 15) is 9.18 Å². The number of carbonyl (C=O) groups is 1. The van der Waals surface area contributed by atoms with E-state index in [1.54, 1.807) is 29.8 Å². The van der Waals surface area contributed by atoms with Crippen LogP contribution in [0.2, 0.25) is 0 Å². The number of fused-ring (bicyclic) bond motifs is 1. The van der Waals surface area contributed by atoms with E-state index in [0.717, 1.165) is 17.7 Å². The van der Waals surface area contributed by atoms with Crippen LogP contribution >= 0.6 is 11.8 Å². The molecule has 2 N–H and O–H groups in total. The Bertz CT molecular complexity index is 1140. The topological polar surface area (TPSA) is 71.8 Å². The number of benzene rings is 2. The van der Waals surface area contributed by atoms with Gasteiger partial charge in [-0.2, -0.15) is 4.98 Å². The molecule has 1 aromatic heterocycles. The van der Waals surface area contributed by atoms with Crippen LogP contribution in [0.1, 0.15) is 37.4 Å². The van der Waals surface area contributed by atoms with Crippen molar-refractivity contribution in [2.45, 2.75) is 38.4 Å². The van der Waals surface area contributed by atoms with Crippen molar-refractivity contribution in [3.05, 3.63) is 76.7 Å². The molecule has 1 atom stereocenters. The van der Waals surface area contributed by atoms with E-state index < -0.39 is 11.9 Å². The third kappa shape index (κ3) is 4.34. The summed E-state index contributed by atoms with van der Waals surface area (Å²) in [6, 6.07) is 13.3. The van der Waals surface area contributed by atoms with Gasteiger partial charge in [0.25, 0.3) is 5.91 Å². The molecule has 0 saturated carbocycles. The number of thioether (sulfide) groups is 1. The Morgan fingerprint density at radius 3 is 2.65 bits per heavy atom. The fourth-order valence-electron chi connectivity index (χ4n) is 3.50. The smallest absolute Gasteiger partial charge is 0.255 e. The summed E-state index contributed by atoms with van der Waals surface area (Å²) < 4.78 is 16.5. The number of halogens is 1. The van der Waals surface area contributed by atoms with Crippen molar-refractivity contribution < 1.29 is 9.18 Å². The van der Waals surface area contributed by atoms with Crippen molar-refractivity contribution in [2.75, 3.05) is 16.4 Å². The normalized spacial score (nSPS) is 15.4. The van der Waals surface area contributed by atoms with Crippen LogP contribution < -0.4 is 10.6 Å². The van der Waals surface area contributed by atoms with Crippen LogP contribution in [-0.4, -0.2) is 26.4 Å². The zero-order valence-electron chi connectivity index (χ0n) is 17.6. The van der Waals surface area contributed by atoms with Crippen LogP contribution in [-0.2, 0) is 4.79 Å². The lowest BCUT2D eigenvalue weighted by Gasteiger charge is -2.28. The maximum absolute atomic E-state index is 14.9. The predicted molar refractivity (Wildman–Crippen MR) is 122 cm³/mol. The maximum Gasteiger partial charge on any atom is 0.255 e. The van der Waals surface area contributed by atoms with Crippen LogP contribution in [0.15, 0.2) is 65.0 Å². The fraction of sp³-hybridized carbons (Fsp3) is 0.261. The molecule has 1 amide bonds. The monoisotopic (exact) mass is 437 g/mol. The minimum absolute atomic E-state index is 0.314. The number of carbonyl (C=O) groups excluding carboxylic acids is 1. The van der Waals surface area contributed by atoms with Gasteiger partial charge in [-0.3, -0.25) is 4.79 Å². The van der Waals surface area contributed by atoms with E-state index in [2.05, 4.69) is 27.6 Å². The molecule has 31 heavy (non-hydrogen) atoms. The molecule has 160 valence electrons. The number of nitrogens with zero attached hydrogens (tertiary/aromatic N) is 3. The van der Waals surface area contributed by atoms with E-state index in [1.165, 1.54) is 17.8 Å². The van der Waals surface area contributed by atoms with Gasteiger partial charge in [0.1, 0.15) is 11.9 Å². The van der Waals surface area contributed by atoms with Gasteiger partial charge < -0.3 is 10.6 Å². The highest BCUT2D eigenvalue weighted by Crippen LogP contribution is 2.37. The number of hydrogen-bond acceptors (Lipinski definition) is 5. The van der Waals surface area contributed by atoms with Crippen LogP contribution in [0, 0.1) is 12.7 Å². The molecular formula is C23H24FN5OS. The molecule has 0 saturated heterocycles. The van der Waals surface area contributed by atoms with E-state index in [4.69, 9.17) is 0 Å². The average molecular weight is 438 g/mol. The number of aryl methyl sites for hydroxylation is 1. The average Bonchev–Trinajstić information content (AvgIpc) is 3.15. The Balaban J connectivity index is 1.76. The minimum atomic E-state index is -0.730. The second kappa shape index (κ2) is 8.93. The Kier molecular flexibility index (Phi) is 6.08. The summed E-state index contributed by atoms with van der Waals surface area (Å²) >= 11 is 1.53. The predicted octanol–water partition coefficient (Wildman–Crippen LogP) is 5.16. The third-order valence-corrected chi connectivity index (χ3v) is 6.07. The van der Waals surface area contributed by atoms with Crippen molar-refractivity contribution in [2.24, 2.45) is 0 Å². The molecule has 1 unspecified atom stereocenters. The van der Waals surface area contributed by atoms with Gasteiger partial charge in [0.15, 0.2) is 0 Å². The number of hydrogen-bond donors (Lipinski definition) is 2. The molecule has 4 rings (SSSR count). The first kappa shape index (κ1) is 21.1. The molecular weight excluding hydrogens is 413 g/mol. The van der Waals surface area contributed by atoms with Gasteiger partial charge in [0.05, 0.1) is 5.57 Å². The van der Waals surface area contributed by atoms with Crippen molar-refractivity contribution in [3.63, 3.8) is 0 Å². The van der Waals surface area contributed by atoms with Gasteiger partial charge in [-0.25, -0.2) is 9.07 Å². The highest BCUT2D eigenvalue weighted by Gasteiger charge is 2.35. The highest BCUT2D eigenvalue weighted by molar-refractivity contribution is 7.99. The molecule has 3 aromatic rings. The number of anilines is 2. The summed E-state index contributed by atoms with van der Waals surface area (Å²) in [6.45, 7) is 5.87. The van der Waals surface area contributed by atoms with E-state index in [0.29, 0.717) is 33.6 Å². The van der Waals surface area contributed by atoms with Gasteiger partial charge in [-0.1, -0.05) is 54.6 Å². The molecule has 2 aromatic carbocycles. The Labute approximate surface area is 185 Å². The number of amides is 1. The van der Waals surface area contributed by atoms with Crippen molar-refractivity contribution in [3.8, 4) is 0 Å².